The van der Waals surface area contributed by atoms with Crippen LogP contribution in [-0.2, 0) is 11.3 Å². The number of aliphatic imine (C=N–C) groups is 1. The molecule has 8 heteroatoms. The smallest absolute Gasteiger partial charge is 0.220 e. The Bertz CT molecular complexity index is 589. The number of pyridine rings is 1. The van der Waals surface area contributed by atoms with Gasteiger partial charge in [0.2, 0.25) is 11.8 Å². The molecule has 0 radical (unpaired) electrons. The second-order valence-electron chi connectivity index (χ2n) is 6.15. The van der Waals surface area contributed by atoms with E-state index in [4.69, 9.17) is 9.73 Å². The van der Waals surface area contributed by atoms with Gasteiger partial charge in [-0.2, -0.15) is 0 Å². The van der Waals surface area contributed by atoms with E-state index in [0.717, 1.165) is 44.1 Å². The first-order chi connectivity index (χ1) is 12.2. The van der Waals surface area contributed by atoms with Crippen LogP contribution in [0.3, 0.4) is 0 Å². The van der Waals surface area contributed by atoms with Crippen molar-refractivity contribution in [1.82, 2.24) is 20.5 Å². The van der Waals surface area contributed by atoms with E-state index in [1.807, 2.05) is 18.2 Å². The molecule has 0 bridgehead atoms. The van der Waals surface area contributed by atoms with Crippen LogP contribution in [0.15, 0.2) is 23.2 Å². The summed E-state index contributed by atoms with van der Waals surface area (Å²) in [6.45, 7) is 5.23. The number of rotatable bonds is 6. The molecule has 2 heterocycles. The van der Waals surface area contributed by atoms with Crippen molar-refractivity contribution in [2.75, 3.05) is 33.8 Å². The summed E-state index contributed by atoms with van der Waals surface area (Å²) < 4.78 is 5.16. The van der Waals surface area contributed by atoms with Crippen molar-refractivity contribution in [2.24, 2.45) is 10.9 Å². The highest BCUT2D eigenvalue weighted by atomic mass is 127. The fourth-order valence-electron chi connectivity index (χ4n) is 2.95. The maximum absolute atomic E-state index is 11.5. The third kappa shape index (κ3) is 6.97. The second kappa shape index (κ2) is 11.9. The first kappa shape index (κ1) is 22.5. The summed E-state index contributed by atoms with van der Waals surface area (Å²) in [6.07, 6.45) is 2.64. The van der Waals surface area contributed by atoms with Gasteiger partial charge in [0, 0.05) is 39.2 Å². The number of likely N-dealkylation sites (tertiary alicyclic amines) is 1. The Labute approximate surface area is 173 Å². The van der Waals surface area contributed by atoms with E-state index in [9.17, 15) is 4.79 Å². The summed E-state index contributed by atoms with van der Waals surface area (Å²) in [5, 5.41) is 6.06. The second-order valence-corrected chi connectivity index (χ2v) is 6.15. The summed E-state index contributed by atoms with van der Waals surface area (Å²) in [5.74, 6) is 2.10. The van der Waals surface area contributed by atoms with E-state index in [1.54, 1.807) is 14.2 Å². The molecule has 1 amide bonds. The van der Waals surface area contributed by atoms with Gasteiger partial charge in [0.05, 0.1) is 19.3 Å². The van der Waals surface area contributed by atoms with E-state index in [2.05, 4.69) is 27.4 Å². The maximum Gasteiger partial charge on any atom is 0.220 e. The third-order valence-corrected chi connectivity index (χ3v) is 4.38. The van der Waals surface area contributed by atoms with E-state index < -0.39 is 0 Å². The monoisotopic (exact) mass is 475 g/mol. The number of ether oxygens (including phenoxy) is 1. The van der Waals surface area contributed by atoms with Crippen molar-refractivity contribution in [1.29, 1.82) is 0 Å². The number of halogens is 1. The predicted molar refractivity (Wildman–Crippen MR) is 114 cm³/mol. The van der Waals surface area contributed by atoms with Crippen molar-refractivity contribution in [2.45, 2.75) is 32.7 Å². The minimum absolute atomic E-state index is 0. The molecule has 1 aliphatic rings. The standard InChI is InChI=1S/C18H29N5O2.HI/c1-4-20-18(21-13-15-6-5-7-17(22-15)25-3)23-10-8-14(9-11-23)12-16(24)19-2;/h5-7,14H,4,8-13H2,1-3H3,(H,19,24)(H,20,21);1H. The van der Waals surface area contributed by atoms with Crippen LogP contribution in [0.4, 0.5) is 0 Å². The normalized spacial score (nSPS) is 15.2. The van der Waals surface area contributed by atoms with Gasteiger partial charge in [0.15, 0.2) is 5.96 Å². The van der Waals surface area contributed by atoms with Gasteiger partial charge in [-0.1, -0.05) is 6.07 Å². The van der Waals surface area contributed by atoms with Crippen molar-refractivity contribution >= 4 is 35.8 Å². The molecule has 7 nitrogen and oxygen atoms in total. The molecule has 0 unspecified atom stereocenters. The van der Waals surface area contributed by atoms with Gasteiger partial charge in [-0.05, 0) is 31.7 Å². The molecule has 0 aromatic carbocycles. The molecule has 1 aromatic rings. The van der Waals surface area contributed by atoms with E-state index >= 15 is 0 Å². The third-order valence-electron chi connectivity index (χ3n) is 4.38. The fraction of sp³-hybridized carbons (Fsp3) is 0.611. The average Bonchev–Trinajstić information content (AvgIpc) is 2.66. The number of piperidine rings is 1. The molecular formula is C18H30IN5O2. The topological polar surface area (TPSA) is 78.9 Å². The summed E-state index contributed by atoms with van der Waals surface area (Å²) >= 11 is 0. The number of guanidine groups is 1. The van der Waals surface area contributed by atoms with Crippen LogP contribution in [0.5, 0.6) is 5.88 Å². The van der Waals surface area contributed by atoms with Gasteiger partial charge in [-0.3, -0.25) is 4.79 Å². The molecule has 146 valence electrons. The number of carbonyl (C=O) groups is 1. The Morgan fingerprint density at radius 1 is 1.38 bits per heavy atom. The van der Waals surface area contributed by atoms with E-state index in [0.29, 0.717) is 24.8 Å². The molecule has 0 aliphatic carbocycles. The summed E-state index contributed by atoms with van der Waals surface area (Å²) in [7, 11) is 3.31. The predicted octanol–water partition coefficient (Wildman–Crippen LogP) is 2.02. The van der Waals surface area contributed by atoms with Gasteiger partial charge >= 0.3 is 0 Å². The summed E-state index contributed by atoms with van der Waals surface area (Å²) in [4.78, 5) is 22.9. The number of aromatic nitrogens is 1. The summed E-state index contributed by atoms with van der Waals surface area (Å²) in [5.41, 5.74) is 0.879. The fourth-order valence-corrected chi connectivity index (χ4v) is 2.95. The Morgan fingerprint density at radius 3 is 2.73 bits per heavy atom. The molecule has 1 aliphatic heterocycles. The molecular weight excluding hydrogens is 445 g/mol. The number of hydrogen-bond acceptors (Lipinski definition) is 4. The van der Waals surface area contributed by atoms with Crippen molar-refractivity contribution in [3.05, 3.63) is 23.9 Å². The Balaban J connectivity index is 0.00000338. The molecule has 26 heavy (non-hydrogen) atoms. The van der Waals surface area contributed by atoms with Crippen LogP contribution in [0.2, 0.25) is 0 Å². The van der Waals surface area contributed by atoms with Crippen LogP contribution < -0.4 is 15.4 Å². The highest BCUT2D eigenvalue weighted by molar-refractivity contribution is 14.0. The quantitative estimate of drug-likeness (QED) is 0.374. The zero-order chi connectivity index (χ0) is 18.1. The molecule has 2 N–H and O–H groups in total. The largest absolute Gasteiger partial charge is 0.481 e. The minimum atomic E-state index is 0. The molecule has 1 saturated heterocycles. The maximum atomic E-state index is 11.5. The Morgan fingerprint density at radius 2 is 2.12 bits per heavy atom. The molecule has 1 aromatic heterocycles. The molecule has 2 rings (SSSR count). The Hall–Kier alpha value is -1.58. The number of hydrogen-bond donors (Lipinski definition) is 2. The summed E-state index contributed by atoms with van der Waals surface area (Å²) in [6, 6.07) is 5.70. The van der Waals surface area contributed by atoms with Gasteiger partial charge in [0.1, 0.15) is 0 Å². The van der Waals surface area contributed by atoms with Crippen LogP contribution in [0, 0.1) is 5.92 Å². The van der Waals surface area contributed by atoms with E-state index in [-0.39, 0.29) is 29.9 Å². The van der Waals surface area contributed by atoms with Crippen LogP contribution in [0.1, 0.15) is 31.9 Å². The zero-order valence-corrected chi connectivity index (χ0v) is 18.2. The van der Waals surface area contributed by atoms with Gasteiger partial charge in [-0.25, -0.2) is 9.98 Å². The zero-order valence-electron chi connectivity index (χ0n) is 15.8. The number of amides is 1. The average molecular weight is 475 g/mol. The number of methoxy groups -OCH3 is 1. The minimum Gasteiger partial charge on any atom is -0.481 e. The molecule has 0 atom stereocenters. The van der Waals surface area contributed by atoms with Crippen LogP contribution >= 0.6 is 24.0 Å². The highest BCUT2D eigenvalue weighted by Gasteiger charge is 2.23. The SMILES string of the molecule is CCNC(=NCc1cccc(OC)n1)N1CCC(CC(=O)NC)CC1.I. The van der Waals surface area contributed by atoms with Crippen LogP contribution in [-0.4, -0.2) is 55.5 Å². The van der Waals surface area contributed by atoms with E-state index in [1.165, 1.54) is 0 Å². The van der Waals surface area contributed by atoms with Gasteiger partial charge in [-0.15, -0.1) is 24.0 Å². The number of nitrogens with zero attached hydrogens (tertiary/aromatic N) is 3. The molecule has 1 fully saturated rings. The first-order valence-electron chi connectivity index (χ1n) is 8.90. The lowest BCUT2D eigenvalue weighted by atomic mass is 9.93. The lowest BCUT2D eigenvalue weighted by Crippen LogP contribution is -2.46. The molecule has 0 saturated carbocycles. The first-order valence-corrected chi connectivity index (χ1v) is 8.90. The van der Waals surface area contributed by atoms with Crippen molar-refractivity contribution in [3.8, 4) is 5.88 Å². The lowest BCUT2D eigenvalue weighted by Gasteiger charge is -2.34. The van der Waals surface area contributed by atoms with Crippen molar-refractivity contribution < 1.29 is 9.53 Å². The van der Waals surface area contributed by atoms with Crippen LogP contribution in [0.25, 0.3) is 0 Å². The van der Waals surface area contributed by atoms with Gasteiger partial charge < -0.3 is 20.3 Å². The number of carbonyl (C=O) groups excluding carboxylic acids is 1. The van der Waals surface area contributed by atoms with Crippen molar-refractivity contribution in [3.63, 3.8) is 0 Å². The lowest BCUT2D eigenvalue weighted by molar-refractivity contribution is -0.121. The Kier molecular flexibility index (Phi) is 10.3. The van der Waals surface area contributed by atoms with Gasteiger partial charge in [0.25, 0.3) is 0 Å². The number of nitrogens with one attached hydrogen (secondary N) is 2. The molecule has 0 spiro atoms. The highest BCUT2D eigenvalue weighted by Crippen LogP contribution is 2.20.